The van der Waals surface area contributed by atoms with E-state index in [0.29, 0.717) is 16.9 Å². The number of amides is 1. The molecule has 2 aromatic carbocycles. The molecular formula is C16H14FN3O. The van der Waals surface area contributed by atoms with E-state index in [1.807, 2.05) is 6.07 Å². The number of carbonyl (C=O) groups is 1. The molecule has 4 nitrogen and oxygen atoms in total. The lowest BCUT2D eigenvalue weighted by atomic mass is 10.2. The predicted octanol–water partition coefficient (Wildman–Crippen LogP) is 3.14. The average molecular weight is 283 g/mol. The Kier molecular flexibility index (Phi) is 4.52. The van der Waals surface area contributed by atoms with Gasteiger partial charge < -0.3 is 10.6 Å². The molecule has 0 spiro atoms. The van der Waals surface area contributed by atoms with Crippen LogP contribution in [0.1, 0.15) is 12.5 Å². The Balaban J connectivity index is 2.03. The van der Waals surface area contributed by atoms with Crippen molar-refractivity contribution in [3.8, 4) is 6.07 Å². The van der Waals surface area contributed by atoms with Crippen LogP contribution in [0.4, 0.5) is 15.8 Å². The van der Waals surface area contributed by atoms with Crippen LogP contribution < -0.4 is 10.6 Å². The Bertz CT molecular complexity index is 677. The number of anilines is 2. The SMILES string of the molecule is C[C@H](Nc1ccc(F)cc1)C(=O)Nc1ccccc1C#N. The maximum Gasteiger partial charge on any atom is 0.246 e. The summed E-state index contributed by atoms with van der Waals surface area (Å²) in [5.41, 5.74) is 1.52. The van der Waals surface area contributed by atoms with Crippen molar-refractivity contribution in [1.29, 1.82) is 5.26 Å². The van der Waals surface area contributed by atoms with Gasteiger partial charge >= 0.3 is 0 Å². The highest BCUT2D eigenvalue weighted by atomic mass is 19.1. The third-order valence-electron chi connectivity index (χ3n) is 2.93. The van der Waals surface area contributed by atoms with Gasteiger partial charge in [-0.2, -0.15) is 5.26 Å². The van der Waals surface area contributed by atoms with E-state index >= 15 is 0 Å². The van der Waals surface area contributed by atoms with Crippen molar-refractivity contribution < 1.29 is 9.18 Å². The Morgan fingerprint density at radius 1 is 1.19 bits per heavy atom. The lowest BCUT2D eigenvalue weighted by Crippen LogP contribution is -2.32. The minimum absolute atomic E-state index is 0.276. The van der Waals surface area contributed by atoms with E-state index in [4.69, 9.17) is 5.26 Å². The first-order valence-electron chi connectivity index (χ1n) is 6.42. The molecule has 0 unspecified atom stereocenters. The quantitative estimate of drug-likeness (QED) is 0.906. The summed E-state index contributed by atoms with van der Waals surface area (Å²) in [6.45, 7) is 1.69. The minimum atomic E-state index is -0.526. The molecule has 0 bridgehead atoms. The van der Waals surface area contributed by atoms with Crippen LogP contribution in [0.15, 0.2) is 48.5 Å². The van der Waals surface area contributed by atoms with Crippen molar-refractivity contribution in [2.24, 2.45) is 0 Å². The van der Waals surface area contributed by atoms with E-state index in [-0.39, 0.29) is 11.7 Å². The van der Waals surface area contributed by atoms with Gasteiger partial charge in [0, 0.05) is 5.69 Å². The molecule has 0 radical (unpaired) electrons. The van der Waals surface area contributed by atoms with Gasteiger partial charge in [-0.1, -0.05) is 12.1 Å². The van der Waals surface area contributed by atoms with Gasteiger partial charge in [-0.05, 0) is 43.3 Å². The molecule has 0 saturated heterocycles. The lowest BCUT2D eigenvalue weighted by Gasteiger charge is -2.15. The molecular weight excluding hydrogens is 269 g/mol. The zero-order chi connectivity index (χ0) is 15.2. The fourth-order valence-electron chi connectivity index (χ4n) is 1.79. The van der Waals surface area contributed by atoms with Crippen LogP contribution in [-0.2, 0) is 4.79 Å². The number of hydrogen-bond acceptors (Lipinski definition) is 3. The highest BCUT2D eigenvalue weighted by Gasteiger charge is 2.14. The summed E-state index contributed by atoms with van der Waals surface area (Å²) in [5, 5.41) is 14.6. The Morgan fingerprint density at radius 2 is 1.86 bits per heavy atom. The van der Waals surface area contributed by atoms with Gasteiger partial charge in [0.15, 0.2) is 0 Å². The predicted molar refractivity (Wildman–Crippen MR) is 79.3 cm³/mol. The van der Waals surface area contributed by atoms with Crippen LogP contribution >= 0.6 is 0 Å². The molecule has 1 amide bonds. The van der Waals surface area contributed by atoms with Gasteiger partial charge in [0.25, 0.3) is 0 Å². The molecule has 2 N–H and O–H groups in total. The molecule has 0 saturated carbocycles. The van der Waals surface area contributed by atoms with Crippen molar-refractivity contribution in [3.05, 3.63) is 59.9 Å². The second kappa shape index (κ2) is 6.53. The first-order valence-corrected chi connectivity index (χ1v) is 6.42. The number of carbonyl (C=O) groups excluding carboxylic acids is 1. The molecule has 5 heteroatoms. The molecule has 106 valence electrons. The fourth-order valence-corrected chi connectivity index (χ4v) is 1.79. The lowest BCUT2D eigenvalue weighted by molar-refractivity contribution is -0.116. The van der Waals surface area contributed by atoms with E-state index in [1.165, 1.54) is 12.1 Å². The van der Waals surface area contributed by atoms with Gasteiger partial charge in [-0.15, -0.1) is 0 Å². The van der Waals surface area contributed by atoms with Gasteiger partial charge in [-0.25, -0.2) is 4.39 Å². The number of para-hydroxylation sites is 1. The molecule has 0 aliphatic heterocycles. The normalized spacial score (nSPS) is 11.3. The highest BCUT2D eigenvalue weighted by molar-refractivity contribution is 5.97. The maximum absolute atomic E-state index is 12.8. The van der Waals surface area contributed by atoms with Crippen LogP contribution in [-0.4, -0.2) is 11.9 Å². The van der Waals surface area contributed by atoms with Crippen molar-refractivity contribution in [2.75, 3.05) is 10.6 Å². The Labute approximate surface area is 122 Å². The van der Waals surface area contributed by atoms with Gasteiger partial charge in [0.1, 0.15) is 17.9 Å². The van der Waals surface area contributed by atoms with E-state index in [9.17, 15) is 9.18 Å². The standard InChI is InChI=1S/C16H14FN3O/c1-11(19-14-8-6-13(17)7-9-14)16(21)20-15-5-3-2-4-12(15)10-18/h2-9,11,19H,1H3,(H,20,21)/t11-/m0/s1. The second-order valence-electron chi connectivity index (χ2n) is 4.52. The summed E-state index contributed by atoms with van der Waals surface area (Å²) >= 11 is 0. The van der Waals surface area contributed by atoms with Gasteiger partial charge in [0.2, 0.25) is 5.91 Å². The molecule has 1 atom stereocenters. The molecule has 0 fully saturated rings. The summed E-state index contributed by atoms with van der Waals surface area (Å²) in [4.78, 5) is 12.1. The van der Waals surface area contributed by atoms with Crippen LogP contribution in [0.25, 0.3) is 0 Å². The summed E-state index contributed by atoms with van der Waals surface area (Å²) < 4.78 is 12.8. The second-order valence-corrected chi connectivity index (χ2v) is 4.52. The fraction of sp³-hybridized carbons (Fsp3) is 0.125. The molecule has 0 aliphatic rings. The van der Waals surface area contributed by atoms with Crippen LogP contribution in [0.2, 0.25) is 0 Å². The topological polar surface area (TPSA) is 64.9 Å². The monoisotopic (exact) mass is 283 g/mol. The molecule has 0 aliphatic carbocycles. The molecule has 0 heterocycles. The molecule has 2 rings (SSSR count). The summed E-state index contributed by atoms with van der Waals surface area (Å²) in [5.74, 6) is -0.609. The van der Waals surface area contributed by atoms with Crippen LogP contribution in [0.3, 0.4) is 0 Å². The molecule has 2 aromatic rings. The Hall–Kier alpha value is -2.87. The number of benzene rings is 2. The van der Waals surface area contributed by atoms with Gasteiger partial charge in [-0.3, -0.25) is 4.79 Å². The smallest absolute Gasteiger partial charge is 0.246 e. The van der Waals surface area contributed by atoms with E-state index in [2.05, 4.69) is 10.6 Å². The third-order valence-corrected chi connectivity index (χ3v) is 2.93. The minimum Gasteiger partial charge on any atom is -0.374 e. The van der Waals surface area contributed by atoms with Crippen molar-refractivity contribution >= 4 is 17.3 Å². The van der Waals surface area contributed by atoms with Crippen LogP contribution in [0.5, 0.6) is 0 Å². The molecule has 0 aromatic heterocycles. The first-order chi connectivity index (χ1) is 10.1. The average Bonchev–Trinajstić information content (AvgIpc) is 2.50. The number of nitrogens with one attached hydrogen (secondary N) is 2. The third kappa shape index (κ3) is 3.80. The highest BCUT2D eigenvalue weighted by Crippen LogP contribution is 2.15. The number of nitrogens with zero attached hydrogens (tertiary/aromatic N) is 1. The van der Waals surface area contributed by atoms with Gasteiger partial charge in [0.05, 0.1) is 11.3 Å². The van der Waals surface area contributed by atoms with E-state index in [0.717, 1.165) is 0 Å². The number of halogens is 1. The zero-order valence-corrected chi connectivity index (χ0v) is 11.4. The number of nitriles is 1. The maximum atomic E-state index is 12.8. The number of hydrogen-bond donors (Lipinski definition) is 2. The first kappa shape index (κ1) is 14.5. The summed E-state index contributed by atoms with van der Waals surface area (Å²) in [6, 6.07) is 14.0. The zero-order valence-electron chi connectivity index (χ0n) is 11.4. The van der Waals surface area contributed by atoms with E-state index in [1.54, 1.807) is 43.3 Å². The van der Waals surface area contributed by atoms with E-state index < -0.39 is 6.04 Å². The summed E-state index contributed by atoms with van der Waals surface area (Å²) in [6.07, 6.45) is 0. The van der Waals surface area contributed by atoms with Crippen molar-refractivity contribution in [3.63, 3.8) is 0 Å². The Morgan fingerprint density at radius 3 is 2.52 bits per heavy atom. The van der Waals surface area contributed by atoms with Crippen molar-refractivity contribution in [2.45, 2.75) is 13.0 Å². The number of rotatable bonds is 4. The van der Waals surface area contributed by atoms with Crippen molar-refractivity contribution in [1.82, 2.24) is 0 Å². The molecule has 21 heavy (non-hydrogen) atoms. The largest absolute Gasteiger partial charge is 0.374 e. The summed E-state index contributed by atoms with van der Waals surface area (Å²) in [7, 11) is 0. The van der Waals surface area contributed by atoms with Crippen LogP contribution in [0, 0.1) is 17.1 Å².